The normalized spacial score (nSPS) is 9.90. The highest BCUT2D eigenvalue weighted by molar-refractivity contribution is 6.35. The highest BCUT2D eigenvalue weighted by atomic mass is 35.5. The van der Waals surface area contributed by atoms with Crippen molar-refractivity contribution in [3.63, 3.8) is 0 Å². The van der Waals surface area contributed by atoms with Gasteiger partial charge in [0, 0.05) is 5.02 Å². The quantitative estimate of drug-likeness (QED) is 0.838. The molecule has 0 fully saturated rings. The molecular formula is C15H11Cl2NO2. The van der Waals surface area contributed by atoms with Crippen molar-refractivity contribution in [2.24, 2.45) is 0 Å². The van der Waals surface area contributed by atoms with Crippen molar-refractivity contribution in [1.82, 2.24) is 0 Å². The number of nitrogens with zero attached hydrogens (tertiary/aromatic N) is 1. The Balaban J connectivity index is 2.13. The number of ether oxygens (including phenoxy) is 2. The van der Waals surface area contributed by atoms with E-state index in [4.69, 9.17) is 37.9 Å². The van der Waals surface area contributed by atoms with Crippen LogP contribution in [0.15, 0.2) is 36.4 Å². The van der Waals surface area contributed by atoms with Gasteiger partial charge in [-0.05, 0) is 35.9 Å². The van der Waals surface area contributed by atoms with E-state index in [2.05, 4.69) is 6.07 Å². The Kier molecular flexibility index (Phi) is 4.73. The highest BCUT2D eigenvalue weighted by Crippen LogP contribution is 2.28. The summed E-state index contributed by atoms with van der Waals surface area (Å²) in [5.74, 6) is 1.09. The molecule has 20 heavy (non-hydrogen) atoms. The third kappa shape index (κ3) is 3.36. The van der Waals surface area contributed by atoms with Crippen LogP contribution in [0, 0.1) is 11.3 Å². The van der Waals surface area contributed by atoms with Crippen LogP contribution in [0.5, 0.6) is 11.5 Å². The van der Waals surface area contributed by atoms with Gasteiger partial charge in [0.2, 0.25) is 0 Å². The summed E-state index contributed by atoms with van der Waals surface area (Å²) in [7, 11) is 1.53. The van der Waals surface area contributed by atoms with Crippen molar-refractivity contribution in [3.8, 4) is 17.6 Å². The molecule has 0 unspecified atom stereocenters. The summed E-state index contributed by atoms with van der Waals surface area (Å²) >= 11 is 11.8. The van der Waals surface area contributed by atoms with Crippen LogP contribution in [-0.2, 0) is 6.61 Å². The molecule has 0 spiro atoms. The molecule has 0 saturated heterocycles. The number of halogens is 2. The summed E-state index contributed by atoms with van der Waals surface area (Å²) in [5, 5.41) is 10.0. The number of nitriles is 1. The maximum atomic E-state index is 9.03. The number of methoxy groups -OCH3 is 1. The average molecular weight is 308 g/mol. The third-order valence-electron chi connectivity index (χ3n) is 2.67. The lowest BCUT2D eigenvalue weighted by atomic mass is 10.1. The van der Waals surface area contributed by atoms with Gasteiger partial charge in [0.05, 0.1) is 17.7 Å². The molecule has 0 heterocycles. The summed E-state index contributed by atoms with van der Waals surface area (Å²) in [5.41, 5.74) is 1.32. The summed E-state index contributed by atoms with van der Waals surface area (Å²) in [6, 6.07) is 12.4. The van der Waals surface area contributed by atoms with E-state index in [1.54, 1.807) is 30.3 Å². The Morgan fingerprint density at radius 2 is 1.85 bits per heavy atom. The maximum absolute atomic E-state index is 9.03. The summed E-state index contributed by atoms with van der Waals surface area (Å²) in [6.07, 6.45) is 0. The van der Waals surface area contributed by atoms with Gasteiger partial charge in [0.25, 0.3) is 0 Å². The van der Waals surface area contributed by atoms with E-state index < -0.39 is 0 Å². The first kappa shape index (κ1) is 14.5. The van der Waals surface area contributed by atoms with Crippen LogP contribution < -0.4 is 9.47 Å². The van der Waals surface area contributed by atoms with E-state index in [9.17, 15) is 0 Å². The lowest BCUT2D eigenvalue weighted by molar-refractivity contribution is 0.306. The van der Waals surface area contributed by atoms with E-state index in [0.717, 1.165) is 5.56 Å². The van der Waals surface area contributed by atoms with Crippen molar-refractivity contribution in [2.75, 3.05) is 7.11 Å². The molecule has 102 valence electrons. The molecule has 0 aliphatic rings. The number of benzene rings is 2. The van der Waals surface area contributed by atoms with Gasteiger partial charge in [0.1, 0.15) is 24.2 Å². The predicted octanol–water partition coefficient (Wildman–Crippen LogP) is 4.45. The molecule has 2 rings (SSSR count). The fourth-order valence-corrected chi connectivity index (χ4v) is 2.15. The van der Waals surface area contributed by atoms with Gasteiger partial charge in [-0.1, -0.05) is 29.3 Å². The van der Waals surface area contributed by atoms with E-state index in [-0.39, 0.29) is 0 Å². The molecule has 5 heteroatoms. The molecule has 0 bridgehead atoms. The third-order valence-corrected chi connectivity index (χ3v) is 3.20. The fraction of sp³-hybridized carbons (Fsp3) is 0.133. The van der Waals surface area contributed by atoms with Gasteiger partial charge >= 0.3 is 0 Å². The van der Waals surface area contributed by atoms with Crippen molar-refractivity contribution >= 4 is 23.2 Å². The molecule has 0 amide bonds. The van der Waals surface area contributed by atoms with Crippen LogP contribution in [0.2, 0.25) is 10.0 Å². The molecule has 0 atom stereocenters. The van der Waals surface area contributed by atoms with Crippen LogP contribution in [0.25, 0.3) is 0 Å². The zero-order valence-electron chi connectivity index (χ0n) is 10.7. The number of rotatable bonds is 4. The van der Waals surface area contributed by atoms with Gasteiger partial charge in [-0.2, -0.15) is 5.26 Å². The molecule has 0 saturated carbocycles. The van der Waals surface area contributed by atoms with Gasteiger partial charge in [0.15, 0.2) is 0 Å². The first-order valence-corrected chi connectivity index (χ1v) is 6.54. The smallest absolute Gasteiger partial charge is 0.138 e. The van der Waals surface area contributed by atoms with Crippen molar-refractivity contribution in [1.29, 1.82) is 5.26 Å². The lowest BCUT2D eigenvalue weighted by Crippen LogP contribution is -1.97. The summed E-state index contributed by atoms with van der Waals surface area (Å²) < 4.78 is 10.7. The van der Waals surface area contributed by atoms with Crippen molar-refractivity contribution in [2.45, 2.75) is 6.61 Å². The Labute approximate surface area is 127 Å². The van der Waals surface area contributed by atoms with E-state index in [1.165, 1.54) is 7.11 Å². The molecule has 3 nitrogen and oxygen atoms in total. The zero-order chi connectivity index (χ0) is 14.5. The molecule has 0 N–H and O–H groups in total. The molecule has 0 aliphatic carbocycles. The minimum Gasteiger partial charge on any atom is -0.495 e. The highest BCUT2D eigenvalue weighted by Gasteiger charge is 2.06. The molecular weight excluding hydrogens is 297 g/mol. The summed E-state index contributed by atoms with van der Waals surface area (Å²) in [4.78, 5) is 0. The van der Waals surface area contributed by atoms with E-state index in [0.29, 0.717) is 33.7 Å². The second kappa shape index (κ2) is 6.51. The summed E-state index contributed by atoms with van der Waals surface area (Å²) in [6.45, 7) is 0.306. The minimum atomic E-state index is 0.306. The van der Waals surface area contributed by atoms with E-state index in [1.807, 2.05) is 6.07 Å². The Morgan fingerprint density at radius 1 is 1.10 bits per heavy atom. The first-order valence-electron chi connectivity index (χ1n) is 5.79. The molecule has 0 aliphatic heterocycles. The minimum absolute atomic E-state index is 0.306. The Morgan fingerprint density at radius 3 is 2.50 bits per heavy atom. The lowest BCUT2D eigenvalue weighted by Gasteiger charge is -2.09. The SMILES string of the molecule is COc1ccc(COc2ccc(Cl)cc2Cl)cc1C#N. The van der Waals surface area contributed by atoms with Gasteiger partial charge in [-0.15, -0.1) is 0 Å². The molecule has 0 radical (unpaired) electrons. The predicted molar refractivity (Wildman–Crippen MR) is 78.5 cm³/mol. The second-order valence-electron chi connectivity index (χ2n) is 4.01. The Hall–Kier alpha value is -1.89. The standard InChI is InChI=1S/C15H11Cl2NO2/c1-19-14-4-2-10(6-11(14)8-18)9-20-15-5-3-12(16)7-13(15)17/h2-7H,9H2,1H3. The van der Waals surface area contributed by atoms with Crippen molar-refractivity contribution in [3.05, 3.63) is 57.6 Å². The fourth-order valence-electron chi connectivity index (χ4n) is 1.69. The van der Waals surface area contributed by atoms with Gasteiger partial charge in [-0.25, -0.2) is 0 Å². The zero-order valence-corrected chi connectivity index (χ0v) is 12.2. The topological polar surface area (TPSA) is 42.2 Å². The van der Waals surface area contributed by atoms with Crippen molar-refractivity contribution < 1.29 is 9.47 Å². The average Bonchev–Trinajstić information content (AvgIpc) is 2.46. The van der Waals surface area contributed by atoms with Crippen LogP contribution in [0.4, 0.5) is 0 Å². The van der Waals surface area contributed by atoms with Gasteiger partial charge < -0.3 is 9.47 Å². The van der Waals surface area contributed by atoms with Crippen LogP contribution in [-0.4, -0.2) is 7.11 Å². The molecule has 2 aromatic rings. The van der Waals surface area contributed by atoms with Crippen LogP contribution >= 0.6 is 23.2 Å². The van der Waals surface area contributed by atoms with Crippen LogP contribution in [0.1, 0.15) is 11.1 Å². The molecule has 0 aromatic heterocycles. The number of hydrogen-bond donors (Lipinski definition) is 0. The van der Waals surface area contributed by atoms with Crippen LogP contribution in [0.3, 0.4) is 0 Å². The van der Waals surface area contributed by atoms with Gasteiger partial charge in [-0.3, -0.25) is 0 Å². The second-order valence-corrected chi connectivity index (χ2v) is 4.85. The first-order chi connectivity index (χ1) is 9.63. The maximum Gasteiger partial charge on any atom is 0.138 e. The largest absolute Gasteiger partial charge is 0.495 e. The van der Waals surface area contributed by atoms with E-state index >= 15 is 0 Å². The Bertz CT molecular complexity index is 665. The number of hydrogen-bond acceptors (Lipinski definition) is 3. The monoisotopic (exact) mass is 307 g/mol. The molecule has 2 aromatic carbocycles.